The predicted molar refractivity (Wildman–Crippen MR) is 252 cm³/mol. The van der Waals surface area contributed by atoms with E-state index in [0.717, 1.165) is 0 Å². The summed E-state index contributed by atoms with van der Waals surface area (Å²) in [7, 11) is 0. The molecule has 5 heterocycles. The lowest BCUT2D eigenvalue weighted by molar-refractivity contribution is -0.400. The number of esters is 1. The fourth-order valence-corrected chi connectivity index (χ4v) is 15.0. The molecule has 4 saturated carbocycles. The standard InChI is InChI=1S/C50H80O28/c1-18-11-49-9-5-24-47(2,7-4-8-48(24,3)46(68)77-44-39(34(64)29(59)22(15-54)72-44)75-42-36(66)32(62)27(57)20(13-52)70-42)25(49)6-10-50(18,17-49)78-45-40(76-43-37(67)33(63)28(58)21(14-53)71-43)38(30(60)23(16-55)73-45)74-41-35(65)31(61)26(56)19(12-51)69-41/h19-45,51-67H,1,4-17H2,2-3H3/t19?,20?,21?,22?,23?,24?,25-,26+,27+,28+,29+,30+,31-,32-,33-,34-,35?,36?,37?,38-,39?,40?,41-,42-,43-,44-,45-,47+,48+,49+,50?/m0/s1. The minimum absolute atomic E-state index is 0.0705. The van der Waals surface area contributed by atoms with Crippen LogP contribution in [0.4, 0.5) is 0 Å². The zero-order valence-corrected chi connectivity index (χ0v) is 43.3. The maximum atomic E-state index is 14.9. The average molecular weight is 1130 g/mol. The van der Waals surface area contributed by atoms with E-state index in [9.17, 15) is 91.6 Å². The third kappa shape index (κ3) is 10.3. The van der Waals surface area contributed by atoms with E-state index in [1.807, 2.05) is 0 Å². The molecule has 0 aromatic carbocycles. The van der Waals surface area contributed by atoms with E-state index in [2.05, 4.69) is 13.5 Å². The highest BCUT2D eigenvalue weighted by Gasteiger charge is 2.70. The van der Waals surface area contributed by atoms with E-state index < -0.39 is 214 Å². The number of aliphatic hydroxyl groups is 17. The molecule has 12 unspecified atom stereocenters. The maximum Gasteiger partial charge on any atom is 0.314 e. The molecule has 0 aromatic rings. The third-order valence-corrected chi connectivity index (χ3v) is 19.2. The van der Waals surface area contributed by atoms with E-state index in [1.54, 1.807) is 6.92 Å². The highest BCUT2D eigenvalue weighted by molar-refractivity contribution is 5.77. The Morgan fingerprint density at radius 2 is 0.910 bits per heavy atom. The fraction of sp³-hybridized carbons (Fsp3) is 0.940. The van der Waals surface area contributed by atoms with Crippen LogP contribution in [0.1, 0.15) is 71.6 Å². The van der Waals surface area contributed by atoms with Crippen molar-refractivity contribution in [1.29, 1.82) is 0 Å². The summed E-state index contributed by atoms with van der Waals surface area (Å²) < 4.78 is 60.3. The summed E-state index contributed by atoms with van der Waals surface area (Å²) in [6.45, 7) is 4.32. The maximum absolute atomic E-state index is 14.9. The Morgan fingerprint density at radius 3 is 1.41 bits per heavy atom. The molecule has 5 aliphatic heterocycles. The van der Waals surface area contributed by atoms with Gasteiger partial charge in [-0.2, -0.15) is 0 Å². The van der Waals surface area contributed by atoms with Crippen molar-refractivity contribution >= 4 is 5.97 Å². The lowest BCUT2D eigenvalue weighted by atomic mass is 9.41. The van der Waals surface area contributed by atoms with Crippen molar-refractivity contribution in [2.24, 2.45) is 28.1 Å². The summed E-state index contributed by atoms with van der Waals surface area (Å²) in [6.07, 6.45) is -39.9. The van der Waals surface area contributed by atoms with Gasteiger partial charge in [0.2, 0.25) is 6.29 Å². The third-order valence-electron chi connectivity index (χ3n) is 19.2. The van der Waals surface area contributed by atoms with Crippen LogP contribution in [-0.4, -0.2) is 285 Å². The van der Waals surface area contributed by atoms with E-state index in [-0.39, 0.29) is 11.8 Å². The van der Waals surface area contributed by atoms with Crippen LogP contribution in [0.15, 0.2) is 12.2 Å². The first-order chi connectivity index (χ1) is 36.9. The zero-order valence-electron chi connectivity index (χ0n) is 43.3. The summed E-state index contributed by atoms with van der Waals surface area (Å²) in [4.78, 5) is 14.9. The average Bonchev–Trinajstić information content (AvgIpc) is 3.61. The van der Waals surface area contributed by atoms with E-state index in [4.69, 9.17) is 47.4 Å². The normalized spacial score (nSPS) is 54.5. The molecule has 28 heteroatoms. The van der Waals surface area contributed by atoms with Gasteiger partial charge in [-0.3, -0.25) is 4.79 Å². The molecule has 31 atom stereocenters. The second-order valence-electron chi connectivity index (χ2n) is 23.6. The van der Waals surface area contributed by atoms with Crippen LogP contribution < -0.4 is 0 Å². The molecular formula is C50H80O28. The molecule has 0 aromatic heterocycles. The number of rotatable bonds is 15. The van der Waals surface area contributed by atoms with Crippen LogP contribution in [0.2, 0.25) is 0 Å². The predicted octanol–water partition coefficient (Wildman–Crippen LogP) is -7.29. The van der Waals surface area contributed by atoms with E-state index in [1.165, 1.54) is 0 Å². The summed E-state index contributed by atoms with van der Waals surface area (Å²) in [5.74, 6) is -1.14. The van der Waals surface area contributed by atoms with Gasteiger partial charge in [0, 0.05) is 0 Å². The van der Waals surface area contributed by atoms with Crippen LogP contribution in [-0.2, 0) is 52.2 Å². The number of carbonyl (C=O) groups is 1. The molecule has 5 saturated heterocycles. The topological polar surface area (TPSA) is 453 Å². The van der Waals surface area contributed by atoms with Gasteiger partial charge in [-0.05, 0) is 86.5 Å². The highest BCUT2D eigenvalue weighted by Crippen LogP contribution is 2.74. The Morgan fingerprint density at radius 1 is 0.487 bits per heavy atom. The molecule has 28 nitrogen and oxygen atoms in total. The molecule has 78 heavy (non-hydrogen) atoms. The molecule has 4 aliphatic carbocycles. The Bertz CT molecular complexity index is 2070. The lowest BCUT2D eigenvalue weighted by Gasteiger charge is -2.64. The van der Waals surface area contributed by atoms with Crippen molar-refractivity contribution in [3.05, 3.63) is 12.2 Å². The van der Waals surface area contributed by atoms with Gasteiger partial charge in [0.15, 0.2) is 31.3 Å². The molecule has 9 aliphatic rings. The number of ether oxygens (including phenoxy) is 10. The summed E-state index contributed by atoms with van der Waals surface area (Å²) >= 11 is 0. The van der Waals surface area contributed by atoms with Gasteiger partial charge >= 0.3 is 5.97 Å². The number of fused-ring (bicyclic) bond motifs is 3. The SMILES string of the molecule is C=C1C[C@@]23CCC4[C@](C)(C(=O)O[C@@H]5OC(CO)[C@@H](O)[C@H](O)C5O[C@@H]5OC(CO)[C@@H](O)[C@H](O)C5O)CCC[C@@]4(C)[C@@H]2CCC1(O[C@@H]1OC(CO)[C@@H](O)[C@H](O[C@@H]2OC(CO)[C@@H](O)[C@H](O)C2O)C1O[C@@H]1OC(CO)[C@@H](O)[C@H](O)C1O)C3. The molecule has 1 spiro atoms. The highest BCUT2D eigenvalue weighted by atomic mass is 16.8. The Balaban J connectivity index is 0.968. The van der Waals surface area contributed by atoms with Crippen molar-refractivity contribution in [2.75, 3.05) is 33.0 Å². The number of hydrogen-bond donors (Lipinski definition) is 17. The summed E-state index contributed by atoms with van der Waals surface area (Å²) in [5.41, 5.74) is -2.81. The first-order valence-electron chi connectivity index (χ1n) is 26.9. The molecule has 0 radical (unpaired) electrons. The van der Waals surface area contributed by atoms with Gasteiger partial charge < -0.3 is 134 Å². The van der Waals surface area contributed by atoms with Crippen molar-refractivity contribution in [2.45, 2.75) is 231 Å². The van der Waals surface area contributed by atoms with Gasteiger partial charge in [-0.1, -0.05) is 19.9 Å². The molecule has 0 amide bonds. The molecule has 9 fully saturated rings. The first-order valence-corrected chi connectivity index (χ1v) is 26.9. The number of hydrogen-bond acceptors (Lipinski definition) is 28. The molecule has 17 N–H and O–H groups in total. The minimum Gasteiger partial charge on any atom is -0.432 e. The van der Waals surface area contributed by atoms with Crippen molar-refractivity contribution in [3.8, 4) is 0 Å². The monoisotopic (exact) mass is 1130 g/mol. The van der Waals surface area contributed by atoms with Crippen molar-refractivity contribution < 1.29 is 139 Å². The second-order valence-corrected chi connectivity index (χ2v) is 23.6. The van der Waals surface area contributed by atoms with Crippen LogP contribution in [0.3, 0.4) is 0 Å². The van der Waals surface area contributed by atoms with Gasteiger partial charge in [0.05, 0.1) is 44.1 Å². The largest absolute Gasteiger partial charge is 0.432 e. The Labute approximate surface area is 448 Å². The van der Waals surface area contributed by atoms with Crippen molar-refractivity contribution in [1.82, 2.24) is 0 Å². The zero-order chi connectivity index (χ0) is 56.7. The minimum atomic E-state index is -1.99. The van der Waals surface area contributed by atoms with E-state index in [0.29, 0.717) is 63.4 Å². The molecular weight excluding hydrogens is 1050 g/mol. The van der Waals surface area contributed by atoms with Crippen LogP contribution in [0.25, 0.3) is 0 Å². The van der Waals surface area contributed by atoms with Gasteiger partial charge in [0.25, 0.3) is 0 Å². The quantitative estimate of drug-likeness (QED) is 0.0411. The fourth-order valence-electron chi connectivity index (χ4n) is 15.0. The molecule has 9 rings (SSSR count). The van der Waals surface area contributed by atoms with E-state index >= 15 is 0 Å². The Hall–Kier alpha value is -1.83. The summed E-state index contributed by atoms with van der Waals surface area (Å²) in [5, 5.41) is 181. The lowest BCUT2D eigenvalue weighted by Crippen LogP contribution is -2.68. The second kappa shape index (κ2) is 23.3. The van der Waals surface area contributed by atoms with Crippen LogP contribution in [0, 0.1) is 28.1 Å². The number of aliphatic hydroxyl groups excluding tert-OH is 17. The summed E-state index contributed by atoms with van der Waals surface area (Å²) in [6, 6.07) is 0. The molecule has 2 bridgehead atoms. The van der Waals surface area contributed by atoms with Crippen LogP contribution >= 0.6 is 0 Å². The molecule has 448 valence electrons. The van der Waals surface area contributed by atoms with Crippen LogP contribution in [0.5, 0.6) is 0 Å². The smallest absolute Gasteiger partial charge is 0.314 e. The first kappa shape index (κ1) is 60.8. The number of carbonyl (C=O) groups excluding carboxylic acids is 1. The Kier molecular flexibility index (Phi) is 18.2. The van der Waals surface area contributed by atoms with Gasteiger partial charge in [0.1, 0.15) is 116 Å². The van der Waals surface area contributed by atoms with Gasteiger partial charge in [-0.15, -0.1) is 0 Å². The van der Waals surface area contributed by atoms with Crippen molar-refractivity contribution in [3.63, 3.8) is 0 Å². The van der Waals surface area contributed by atoms with Gasteiger partial charge in [-0.25, -0.2) is 0 Å².